The maximum Gasteiger partial charge on any atom is 0.0795 e. The van der Waals surface area contributed by atoms with Crippen molar-refractivity contribution < 1.29 is 0 Å². The Kier molecular flexibility index (Phi) is 5.89. The molecule has 2 aromatic rings. The highest BCUT2D eigenvalue weighted by Gasteiger charge is 2.00. The third-order valence-corrected chi connectivity index (χ3v) is 4.31. The first-order chi connectivity index (χ1) is 9.24. The molecule has 0 fully saturated rings. The van der Waals surface area contributed by atoms with Gasteiger partial charge in [-0.25, -0.2) is 4.98 Å². The van der Waals surface area contributed by atoms with Crippen molar-refractivity contribution in [2.24, 2.45) is 5.92 Å². The van der Waals surface area contributed by atoms with Crippen molar-refractivity contribution in [3.63, 3.8) is 0 Å². The molecule has 19 heavy (non-hydrogen) atoms. The van der Waals surface area contributed by atoms with E-state index in [1.807, 2.05) is 17.3 Å². The smallest absolute Gasteiger partial charge is 0.0795 e. The zero-order chi connectivity index (χ0) is 13.5. The summed E-state index contributed by atoms with van der Waals surface area (Å²) in [5.74, 6) is 1.65. The van der Waals surface area contributed by atoms with Gasteiger partial charge in [0.2, 0.25) is 0 Å². The molecule has 0 atom stereocenters. The van der Waals surface area contributed by atoms with Crippen LogP contribution in [0.3, 0.4) is 0 Å². The van der Waals surface area contributed by atoms with Crippen LogP contribution in [0.1, 0.15) is 25.1 Å². The molecule has 0 radical (unpaired) electrons. The first kappa shape index (κ1) is 14.6. The van der Waals surface area contributed by atoms with Gasteiger partial charge in [-0.1, -0.05) is 26.0 Å². The van der Waals surface area contributed by atoms with Gasteiger partial charge in [-0.05, 0) is 30.2 Å². The molecule has 0 unspecified atom stereocenters. The van der Waals surface area contributed by atoms with Crippen LogP contribution in [0, 0.1) is 5.92 Å². The average Bonchev–Trinajstić information content (AvgIpc) is 2.89. The van der Waals surface area contributed by atoms with E-state index in [-0.39, 0.29) is 0 Å². The highest BCUT2D eigenvalue weighted by Crippen LogP contribution is 2.23. The van der Waals surface area contributed by atoms with E-state index in [1.54, 1.807) is 11.3 Å². The SMILES string of the molecule is CC(C)CNCc1cccc(SCc2cscn2)c1. The van der Waals surface area contributed by atoms with E-state index in [1.165, 1.54) is 16.2 Å². The predicted octanol–water partition coefficient (Wildman–Crippen LogP) is 4.18. The van der Waals surface area contributed by atoms with E-state index < -0.39 is 0 Å². The number of hydrogen-bond donors (Lipinski definition) is 1. The lowest BCUT2D eigenvalue weighted by Gasteiger charge is -2.08. The van der Waals surface area contributed by atoms with E-state index in [0.717, 1.165) is 18.8 Å². The van der Waals surface area contributed by atoms with Crippen molar-refractivity contribution in [2.75, 3.05) is 6.54 Å². The van der Waals surface area contributed by atoms with Crippen molar-refractivity contribution in [2.45, 2.75) is 31.0 Å². The second-order valence-corrected chi connectivity index (χ2v) is 6.71. The second kappa shape index (κ2) is 7.68. The lowest BCUT2D eigenvalue weighted by Crippen LogP contribution is -2.18. The molecule has 1 aromatic carbocycles. The second-order valence-electron chi connectivity index (χ2n) is 4.94. The third-order valence-electron chi connectivity index (χ3n) is 2.65. The molecule has 0 amide bonds. The van der Waals surface area contributed by atoms with Crippen molar-refractivity contribution >= 4 is 23.1 Å². The molecule has 102 valence electrons. The molecule has 0 spiro atoms. The summed E-state index contributed by atoms with van der Waals surface area (Å²) in [6.45, 7) is 6.47. The Morgan fingerprint density at radius 1 is 1.37 bits per heavy atom. The minimum atomic E-state index is 0.697. The van der Waals surface area contributed by atoms with Crippen LogP contribution in [0.15, 0.2) is 40.1 Å². The normalized spacial score (nSPS) is 11.1. The molecule has 1 N–H and O–H groups in total. The molecular formula is C15H20N2S2. The van der Waals surface area contributed by atoms with Crippen LogP contribution in [-0.2, 0) is 12.3 Å². The molecule has 2 nitrogen and oxygen atoms in total. The van der Waals surface area contributed by atoms with E-state index in [4.69, 9.17) is 0 Å². The zero-order valence-corrected chi connectivity index (χ0v) is 13.1. The van der Waals surface area contributed by atoms with Crippen molar-refractivity contribution in [1.82, 2.24) is 10.3 Å². The van der Waals surface area contributed by atoms with Gasteiger partial charge >= 0.3 is 0 Å². The third kappa shape index (κ3) is 5.35. The summed E-state index contributed by atoms with van der Waals surface area (Å²) in [7, 11) is 0. The molecule has 2 rings (SSSR count). The van der Waals surface area contributed by atoms with E-state index in [2.05, 4.69) is 53.8 Å². The summed E-state index contributed by atoms with van der Waals surface area (Å²) in [5, 5.41) is 5.59. The first-order valence-corrected chi connectivity index (χ1v) is 8.46. The summed E-state index contributed by atoms with van der Waals surface area (Å²) < 4.78 is 0. The van der Waals surface area contributed by atoms with Crippen LogP contribution in [0.2, 0.25) is 0 Å². The lowest BCUT2D eigenvalue weighted by atomic mass is 10.2. The molecule has 0 saturated carbocycles. The quantitative estimate of drug-likeness (QED) is 0.775. The Labute approximate surface area is 123 Å². The summed E-state index contributed by atoms with van der Waals surface area (Å²) in [6, 6.07) is 8.75. The monoisotopic (exact) mass is 292 g/mol. The van der Waals surface area contributed by atoms with Gasteiger partial charge in [0.05, 0.1) is 11.2 Å². The van der Waals surface area contributed by atoms with E-state index >= 15 is 0 Å². The van der Waals surface area contributed by atoms with Gasteiger partial charge in [0.15, 0.2) is 0 Å². The standard InChI is InChI=1S/C15H20N2S2/c1-12(2)7-16-8-13-4-3-5-15(6-13)19-10-14-9-18-11-17-14/h3-6,9,11-12,16H,7-8,10H2,1-2H3. The number of rotatable bonds is 7. The molecule has 0 aliphatic carbocycles. The van der Waals surface area contributed by atoms with Crippen LogP contribution in [0.25, 0.3) is 0 Å². The fourth-order valence-electron chi connectivity index (χ4n) is 1.72. The van der Waals surface area contributed by atoms with Crippen molar-refractivity contribution in [3.05, 3.63) is 46.4 Å². The van der Waals surface area contributed by atoms with E-state index in [9.17, 15) is 0 Å². The van der Waals surface area contributed by atoms with E-state index in [0.29, 0.717) is 5.92 Å². The van der Waals surface area contributed by atoms with Crippen LogP contribution in [0.4, 0.5) is 0 Å². The summed E-state index contributed by atoms with van der Waals surface area (Å²) in [4.78, 5) is 5.62. The van der Waals surface area contributed by atoms with Crippen molar-refractivity contribution in [1.29, 1.82) is 0 Å². The Morgan fingerprint density at radius 3 is 3.00 bits per heavy atom. The number of aromatic nitrogens is 1. The summed E-state index contributed by atoms with van der Waals surface area (Å²) in [5.41, 5.74) is 4.41. The van der Waals surface area contributed by atoms with Gasteiger partial charge in [-0.3, -0.25) is 0 Å². The fourth-order valence-corrected chi connectivity index (χ4v) is 3.26. The Hall–Kier alpha value is -0.840. The summed E-state index contributed by atoms with van der Waals surface area (Å²) >= 11 is 3.51. The molecular weight excluding hydrogens is 272 g/mol. The van der Waals surface area contributed by atoms with Crippen LogP contribution >= 0.6 is 23.1 Å². The van der Waals surface area contributed by atoms with Crippen LogP contribution in [0.5, 0.6) is 0 Å². The van der Waals surface area contributed by atoms with Gasteiger partial charge in [0.1, 0.15) is 0 Å². The molecule has 1 aromatic heterocycles. The Morgan fingerprint density at radius 2 is 2.26 bits per heavy atom. The molecule has 4 heteroatoms. The molecule has 0 aliphatic rings. The highest BCUT2D eigenvalue weighted by atomic mass is 32.2. The maximum atomic E-state index is 4.31. The number of nitrogens with zero attached hydrogens (tertiary/aromatic N) is 1. The van der Waals surface area contributed by atoms with Crippen LogP contribution < -0.4 is 5.32 Å². The average molecular weight is 292 g/mol. The topological polar surface area (TPSA) is 24.9 Å². The van der Waals surface area contributed by atoms with Gasteiger partial charge in [0.25, 0.3) is 0 Å². The number of hydrogen-bond acceptors (Lipinski definition) is 4. The van der Waals surface area contributed by atoms with Gasteiger partial charge in [0, 0.05) is 22.6 Å². The zero-order valence-electron chi connectivity index (χ0n) is 11.4. The number of thioether (sulfide) groups is 1. The fraction of sp³-hybridized carbons (Fsp3) is 0.400. The number of thiazole rings is 1. The predicted molar refractivity (Wildman–Crippen MR) is 84.7 cm³/mol. The largest absolute Gasteiger partial charge is 0.312 e. The van der Waals surface area contributed by atoms with Gasteiger partial charge in [-0.15, -0.1) is 23.1 Å². The molecule has 0 bridgehead atoms. The highest BCUT2D eigenvalue weighted by molar-refractivity contribution is 7.98. The summed E-state index contributed by atoms with van der Waals surface area (Å²) in [6.07, 6.45) is 0. The van der Waals surface area contributed by atoms with Crippen molar-refractivity contribution in [3.8, 4) is 0 Å². The Bertz CT molecular complexity index is 481. The Balaban J connectivity index is 1.84. The minimum Gasteiger partial charge on any atom is -0.312 e. The number of nitrogens with one attached hydrogen (secondary N) is 1. The molecule has 0 aliphatic heterocycles. The van der Waals surface area contributed by atoms with Gasteiger partial charge < -0.3 is 5.32 Å². The number of benzene rings is 1. The van der Waals surface area contributed by atoms with Gasteiger partial charge in [-0.2, -0.15) is 0 Å². The van der Waals surface area contributed by atoms with Crippen LogP contribution in [-0.4, -0.2) is 11.5 Å². The molecule has 0 saturated heterocycles. The molecule has 1 heterocycles. The lowest BCUT2D eigenvalue weighted by molar-refractivity contribution is 0.552. The maximum absolute atomic E-state index is 4.31. The minimum absolute atomic E-state index is 0.697. The first-order valence-electron chi connectivity index (χ1n) is 6.53.